The van der Waals surface area contributed by atoms with Crippen molar-refractivity contribution in [1.29, 1.82) is 0 Å². The lowest BCUT2D eigenvalue weighted by Crippen LogP contribution is -3.00. The van der Waals surface area contributed by atoms with Crippen molar-refractivity contribution in [2.45, 2.75) is 32.1 Å². The van der Waals surface area contributed by atoms with Gasteiger partial charge >= 0.3 is 0 Å². The van der Waals surface area contributed by atoms with Gasteiger partial charge in [-0.25, -0.2) is 4.39 Å². The third-order valence-electron chi connectivity index (χ3n) is 6.37. The number of hydrogen-bond acceptors (Lipinski definition) is 3. The van der Waals surface area contributed by atoms with Crippen LogP contribution in [0.1, 0.15) is 42.6 Å². The maximum absolute atomic E-state index is 13.1. The van der Waals surface area contributed by atoms with Gasteiger partial charge in [0.05, 0.1) is 5.41 Å². The van der Waals surface area contributed by atoms with Gasteiger partial charge in [-0.15, -0.1) is 0 Å². The SMILES string of the molecule is CC1(C)C(=O)N(CCN2CCC(C(=O)c3ccc(F)cc3)CC2)c2ccccc21.[Cl-]. The number of para-hydroxylation sites is 1. The molecule has 0 atom stereocenters. The molecule has 0 N–H and O–H groups in total. The van der Waals surface area contributed by atoms with Crippen LogP contribution in [0.2, 0.25) is 0 Å². The average molecular weight is 430 g/mol. The van der Waals surface area contributed by atoms with E-state index in [1.165, 1.54) is 12.1 Å². The molecule has 0 bridgehead atoms. The summed E-state index contributed by atoms with van der Waals surface area (Å²) in [4.78, 5) is 29.8. The molecule has 0 radical (unpaired) electrons. The monoisotopic (exact) mass is 429 g/mol. The van der Waals surface area contributed by atoms with Crippen molar-refractivity contribution in [1.82, 2.24) is 4.90 Å². The fourth-order valence-corrected chi connectivity index (χ4v) is 4.53. The van der Waals surface area contributed by atoms with E-state index in [9.17, 15) is 14.0 Å². The number of Topliss-reactive ketones (excluding diaryl/α,β-unsaturated/α-hetero) is 1. The minimum Gasteiger partial charge on any atom is -1.00 e. The molecule has 2 heterocycles. The zero-order valence-electron chi connectivity index (χ0n) is 17.4. The number of carbonyl (C=O) groups is 2. The highest BCUT2D eigenvalue weighted by Crippen LogP contribution is 2.41. The topological polar surface area (TPSA) is 40.6 Å². The van der Waals surface area contributed by atoms with Crippen LogP contribution < -0.4 is 17.3 Å². The summed E-state index contributed by atoms with van der Waals surface area (Å²) < 4.78 is 13.1. The summed E-state index contributed by atoms with van der Waals surface area (Å²) in [7, 11) is 0. The van der Waals surface area contributed by atoms with E-state index < -0.39 is 5.41 Å². The number of carbonyl (C=O) groups excluding carboxylic acids is 2. The van der Waals surface area contributed by atoms with Gasteiger partial charge in [0, 0.05) is 30.3 Å². The van der Waals surface area contributed by atoms with Crippen LogP contribution >= 0.6 is 0 Å². The quantitative estimate of drug-likeness (QED) is 0.667. The van der Waals surface area contributed by atoms with E-state index in [2.05, 4.69) is 4.90 Å². The van der Waals surface area contributed by atoms with Crippen molar-refractivity contribution < 1.29 is 26.4 Å². The Hall–Kier alpha value is -2.24. The zero-order valence-corrected chi connectivity index (χ0v) is 18.2. The van der Waals surface area contributed by atoms with Crippen LogP contribution in [0.3, 0.4) is 0 Å². The van der Waals surface area contributed by atoms with Crippen LogP contribution in [0.4, 0.5) is 10.1 Å². The summed E-state index contributed by atoms with van der Waals surface area (Å²) in [5.41, 5.74) is 2.22. The standard InChI is InChI=1S/C24H27FN2O2.ClH/c1-24(2)20-5-3-4-6-21(20)27(23(24)29)16-15-26-13-11-18(12-14-26)22(28)17-7-9-19(25)10-8-17;/h3-10,18H,11-16H2,1-2H3;1H/p-1. The van der Waals surface area contributed by atoms with Gasteiger partial charge in [0.15, 0.2) is 5.78 Å². The van der Waals surface area contributed by atoms with E-state index in [0.717, 1.165) is 43.7 Å². The molecular formula is C24H27ClFN2O2-. The number of ketones is 1. The lowest BCUT2D eigenvalue weighted by Gasteiger charge is -2.32. The lowest BCUT2D eigenvalue weighted by molar-refractivity contribution is -0.122. The van der Waals surface area contributed by atoms with Crippen molar-refractivity contribution in [3.63, 3.8) is 0 Å². The summed E-state index contributed by atoms with van der Waals surface area (Å²) in [5, 5.41) is 0. The predicted octanol–water partition coefficient (Wildman–Crippen LogP) is 1.05. The normalized spacial score (nSPS) is 18.8. The van der Waals surface area contributed by atoms with E-state index in [0.29, 0.717) is 12.1 Å². The molecule has 2 aliphatic rings. The number of amides is 1. The number of likely N-dealkylation sites (tertiary alicyclic amines) is 1. The second-order valence-corrected chi connectivity index (χ2v) is 8.59. The Morgan fingerprint density at radius 2 is 1.67 bits per heavy atom. The molecule has 30 heavy (non-hydrogen) atoms. The maximum Gasteiger partial charge on any atom is 0.237 e. The molecule has 2 aliphatic heterocycles. The van der Waals surface area contributed by atoms with Crippen molar-refractivity contribution in [2.75, 3.05) is 31.1 Å². The Morgan fingerprint density at radius 3 is 2.33 bits per heavy atom. The van der Waals surface area contributed by atoms with Crippen LogP contribution in [-0.2, 0) is 10.2 Å². The first kappa shape index (κ1) is 22.4. The average Bonchev–Trinajstić information content (AvgIpc) is 2.93. The summed E-state index contributed by atoms with van der Waals surface area (Å²) >= 11 is 0. The predicted molar refractivity (Wildman–Crippen MR) is 112 cm³/mol. The molecule has 0 spiro atoms. The number of anilines is 1. The van der Waals surface area contributed by atoms with Crippen molar-refractivity contribution >= 4 is 17.4 Å². The molecule has 1 saturated heterocycles. The third kappa shape index (κ3) is 4.14. The fraction of sp³-hybridized carbons (Fsp3) is 0.417. The molecule has 1 fully saturated rings. The number of hydrogen-bond donors (Lipinski definition) is 0. The fourth-order valence-electron chi connectivity index (χ4n) is 4.53. The summed E-state index contributed by atoms with van der Waals surface area (Å²) in [6, 6.07) is 13.9. The second-order valence-electron chi connectivity index (χ2n) is 8.59. The number of benzene rings is 2. The van der Waals surface area contributed by atoms with Crippen LogP contribution in [0.5, 0.6) is 0 Å². The number of rotatable bonds is 5. The lowest BCUT2D eigenvalue weighted by atomic mass is 9.86. The first-order valence-electron chi connectivity index (χ1n) is 10.3. The number of halogens is 2. The molecule has 6 heteroatoms. The van der Waals surface area contributed by atoms with Gasteiger partial charge in [-0.05, 0) is 75.7 Å². The van der Waals surface area contributed by atoms with Crippen molar-refractivity contribution in [3.05, 3.63) is 65.5 Å². The van der Waals surface area contributed by atoms with E-state index in [4.69, 9.17) is 0 Å². The molecule has 0 unspecified atom stereocenters. The Morgan fingerprint density at radius 1 is 1.03 bits per heavy atom. The molecular weight excluding hydrogens is 403 g/mol. The Labute approximate surface area is 183 Å². The highest BCUT2D eigenvalue weighted by molar-refractivity contribution is 6.07. The molecule has 4 rings (SSSR count). The number of fused-ring (bicyclic) bond motifs is 1. The number of piperidine rings is 1. The molecule has 4 nitrogen and oxygen atoms in total. The van der Waals surface area contributed by atoms with Crippen molar-refractivity contribution in [2.24, 2.45) is 5.92 Å². The first-order chi connectivity index (χ1) is 13.9. The van der Waals surface area contributed by atoms with Gasteiger partial charge in [-0.1, -0.05) is 18.2 Å². The third-order valence-corrected chi connectivity index (χ3v) is 6.37. The van der Waals surface area contributed by atoms with Crippen LogP contribution in [-0.4, -0.2) is 42.8 Å². The molecule has 0 aliphatic carbocycles. The Kier molecular flexibility index (Phi) is 6.63. The zero-order chi connectivity index (χ0) is 20.6. The molecule has 160 valence electrons. The van der Waals surface area contributed by atoms with Gasteiger partial charge in [0.2, 0.25) is 5.91 Å². The molecule has 0 saturated carbocycles. The molecule has 2 aromatic carbocycles. The van der Waals surface area contributed by atoms with E-state index in [-0.39, 0.29) is 35.8 Å². The van der Waals surface area contributed by atoms with Crippen molar-refractivity contribution in [3.8, 4) is 0 Å². The first-order valence-corrected chi connectivity index (χ1v) is 10.3. The summed E-state index contributed by atoms with van der Waals surface area (Å²) in [6.07, 6.45) is 1.60. The molecule has 1 amide bonds. The van der Waals surface area contributed by atoms with Gasteiger partial charge in [-0.3, -0.25) is 9.59 Å². The number of nitrogens with zero attached hydrogens (tertiary/aromatic N) is 2. The highest BCUT2D eigenvalue weighted by atomic mass is 35.5. The summed E-state index contributed by atoms with van der Waals surface area (Å²) in [6.45, 7) is 7.11. The molecule has 0 aromatic heterocycles. The largest absolute Gasteiger partial charge is 1.00 e. The van der Waals surface area contributed by atoms with Crippen LogP contribution in [0.15, 0.2) is 48.5 Å². The van der Waals surface area contributed by atoms with Gasteiger partial charge in [0.25, 0.3) is 0 Å². The van der Waals surface area contributed by atoms with Gasteiger partial charge in [0.1, 0.15) is 5.82 Å². The van der Waals surface area contributed by atoms with E-state index in [1.807, 2.05) is 43.0 Å². The highest BCUT2D eigenvalue weighted by Gasteiger charge is 2.43. The van der Waals surface area contributed by atoms with Gasteiger partial charge in [-0.2, -0.15) is 0 Å². The Bertz CT molecular complexity index is 921. The van der Waals surface area contributed by atoms with Gasteiger partial charge < -0.3 is 22.2 Å². The van der Waals surface area contributed by atoms with E-state index in [1.54, 1.807) is 12.1 Å². The minimum absolute atomic E-state index is 0. The minimum atomic E-state index is -0.481. The smallest absolute Gasteiger partial charge is 0.237 e. The van der Waals surface area contributed by atoms with Crippen LogP contribution in [0.25, 0.3) is 0 Å². The van der Waals surface area contributed by atoms with Crippen LogP contribution in [0, 0.1) is 11.7 Å². The van der Waals surface area contributed by atoms with E-state index >= 15 is 0 Å². The Balaban J connectivity index is 0.00000256. The summed E-state index contributed by atoms with van der Waals surface area (Å²) in [5.74, 6) is -0.0718. The molecule has 2 aromatic rings. The second kappa shape index (κ2) is 8.86. The maximum atomic E-state index is 13.1.